The predicted molar refractivity (Wildman–Crippen MR) is 8.60 cm³/mol. The van der Waals surface area contributed by atoms with Crippen LogP contribution in [0, 0.1) is 0 Å². The van der Waals surface area contributed by atoms with Crippen molar-refractivity contribution in [2.75, 3.05) is 0 Å². The molecule has 0 saturated heterocycles. The molecule has 0 saturated carbocycles. The predicted octanol–water partition coefficient (Wildman–Crippen LogP) is -1.89. The number of rotatable bonds is 0. The number of hydrogen-bond acceptors (Lipinski definition) is 0. The molecule has 0 aliphatic heterocycles. The Bertz CT molecular complexity index is 3.61. The van der Waals surface area contributed by atoms with E-state index in [1.807, 2.05) is 0 Å². The third-order valence-electron chi connectivity index (χ3n) is 0. The maximum Gasteiger partial charge on any atom is 4.00 e. The van der Waals surface area contributed by atoms with Crippen LogP contribution in [-0.4, -0.2) is 11.0 Å². The molecule has 0 aromatic rings. The maximum atomic E-state index is 0. The molecular formula is H4HfO4. The van der Waals surface area contributed by atoms with Crippen LogP contribution in [-0.2, 0) is 36.8 Å². The van der Waals surface area contributed by atoms with Crippen molar-refractivity contribution in [3.05, 3.63) is 0 Å². The topological polar surface area (TPSA) is 120 Å². The second-order valence-corrected chi connectivity index (χ2v) is 0. The van der Waals surface area contributed by atoms with Crippen molar-refractivity contribution in [2.24, 2.45) is 0 Å². The van der Waals surface area contributed by atoms with E-state index in [1.54, 1.807) is 0 Å². The summed E-state index contributed by atoms with van der Waals surface area (Å²) in [6.07, 6.45) is 0. The zero-order valence-electron chi connectivity index (χ0n) is 2.32. The summed E-state index contributed by atoms with van der Waals surface area (Å²) in [5.74, 6) is 0. The van der Waals surface area contributed by atoms with Gasteiger partial charge in [-0.2, -0.15) is 0 Å². The van der Waals surface area contributed by atoms with Crippen molar-refractivity contribution in [2.45, 2.75) is 0 Å². The van der Waals surface area contributed by atoms with E-state index >= 15 is 0 Å². The summed E-state index contributed by atoms with van der Waals surface area (Å²) in [5, 5.41) is 0. The first-order valence-corrected chi connectivity index (χ1v) is 0. The van der Waals surface area contributed by atoms with E-state index in [2.05, 4.69) is 0 Å². The summed E-state index contributed by atoms with van der Waals surface area (Å²) in [5.41, 5.74) is 0. The fourth-order valence-electron chi connectivity index (χ4n) is 0. The Kier molecular flexibility index (Phi) is 6460. The van der Waals surface area contributed by atoms with Gasteiger partial charge in [0.05, 0.1) is 0 Å². The molecule has 0 atom stereocenters. The molecule has 0 fully saturated rings. The third-order valence-corrected chi connectivity index (χ3v) is 0. The minimum Gasteiger partial charge on any atom is -2.00 e. The van der Waals surface area contributed by atoms with Crippen LogP contribution in [0.2, 0.25) is 0 Å². The molecule has 0 bridgehead atoms. The van der Waals surface area contributed by atoms with E-state index < -0.39 is 0 Å². The molecule has 0 aliphatic rings. The van der Waals surface area contributed by atoms with Crippen LogP contribution in [0.1, 0.15) is 0 Å². The molecule has 4 N–H and O–H groups in total. The summed E-state index contributed by atoms with van der Waals surface area (Å²) >= 11 is 0. The first kappa shape index (κ1) is 251. The van der Waals surface area contributed by atoms with Gasteiger partial charge in [-0.3, -0.25) is 0 Å². The Morgan fingerprint density at radius 1 is 0.600 bits per heavy atom. The molecule has 5 heavy (non-hydrogen) atoms. The minimum absolute atomic E-state index is 0. The first-order valence-electron chi connectivity index (χ1n) is 0. The van der Waals surface area contributed by atoms with E-state index in [1.165, 1.54) is 0 Å². The SMILES string of the molecule is O.O.[Hf+4].[O-2].[O-2]. The third kappa shape index (κ3) is 68.6. The first-order chi connectivity index (χ1) is 0. The second-order valence-electron chi connectivity index (χ2n) is 0. The molecule has 32 valence electrons. The quantitative estimate of drug-likeness (QED) is 0.444. The molecule has 0 amide bonds. The zero-order chi connectivity index (χ0) is 0. The fourth-order valence-corrected chi connectivity index (χ4v) is 0. The van der Waals surface area contributed by atoms with Gasteiger partial charge in [-0.05, 0) is 0 Å². The average Bonchev–Trinajstić information content (AvgIpc) is 0. The van der Waals surface area contributed by atoms with Crippen molar-refractivity contribution < 1.29 is 47.7 Å². The Morgan fingerprint density at radius 3 is 0.600 bits per heavy atom. The van der Waals surface area contributed by atoms with E-state index in [0.29, 0.717) is 0 Å². The van der Waals surface area contributed by atoms with Crippen molar-refractivity contribution in [1.29, 1.82) is 0 Å². The van der Waals surface area contributed by atoms with Crippen LogP contribution in [0.5, 0.6) is 0 Å². The van der Waals surface area contributed by atoms with Gasteiger partial charge in [0, 0.05) is 0 Å². The van der Waals surface area contributed by atoms with Crippen LogP contribution in [0.3, 0.4) is 0 Å². The Hall–Kier alpha value is 0.710. The maximum absolute atomic E-state index is 0. The zero-order valence-corrected chi connectivity index (χ0v) is 5.91. The van der Waals surface area contributed by atoms with Crippen molar-refractivity contribution in [1.82, 2.24) is 0 Å². The van der Waals surface area contributed by atoms with Crippen LogP contribution in [0.4, 0.5) is 0 Å². The molecule has 0 spiro atoms. The Balaban J connectivity index is 0. The van der Waals surface area contributed by atoms with Gasteiger partial charge in [0.15, 0.2) is 0 Å². The summed E-state index contributed by atoms with van der Waals surface area (Å²) < 4.78 is 0. The summed E-state index contributed by atoms with van der Waals surface area (Å²) in [4.78, 5) is 0. The summed E-state index contributed by atoms with van der Waals surface area (Å²) in [6.45, 7) is 0. The van der Waals surface area contributed by atoms with E-state index in [4.69, 9.17) is 0 Å². The van der Waals surface area contributed by atoms with Crippen molar-refractivity contribution in [3.63, 3.8) is 0 Å². The van der Waals surface area contributed by atoms with Crippen molar-refractivity contribution in [3.8, 4) is 0 Å². The summed E-state index contributed by atoms with van der Waals surface area (Å²) in [7, 11) is 0. The fraction of sp³-hybridized carbons (Fsp3) is 0. The van der Waals surface area contributed by atoms with E-state index in [-0.39, 0.29) is 47.7 Å². The van der Waals surface area contributed by atoms with Gasteiger partial charge in [-0.25, -0.2) is 0 Å². The van der Waals surface area contributed by atoms with Crippen LogP contribution in [0.15, 0.2) is 0 Å². The smallest absolute Gasteiger partial charge is 2.00 e. The molecule has 0 aromatic carbocycles. The molecule has 5 heteroatoms. The van der Waals surface area contributed by atoms with Crippen LogP contribution in [0.25, 0.3) is 0 Å². The Morgan fingerprint density at radius 2 is 0.600 bits per heavy atom. The van der Waals surface area contributed by atoms with Crippen LogP contribution < -0.4 is 0 Å². The monoisotopic (exact) mass is 248 g/mol. The Labute approximate surface area is 48.2 Å². The second kappa shape index (κ2) is 129. The molecule has 0 unspecified atom stereocenters. The number of hydrogen-bond donors (Lipinski definition) is 0. The average molecular weight is 247 g/mol. The molecular weight excluding hydrogens is 242 g/mol. The molecule has 0 rings (SSSR count). The van der Waals surface area contributed by atoms with E-state index in [0.717, 1.165) is 0 Å². The molecule has 0 radical (unpaired) electrons. The summed E-state index contributed by atoms with van der Waals surface area (Å²) in [6, 6.07) is 0. The van der Waals surface area contributed by atoms with Crippen molar-refractivity contribution >= 4 is 0 Å². The van der Waals surface area contributed by atoms with Gasteiger partial charge in [0.1, 0.15) is 0 Å². The molecule has 0 aliphatic carbocycles. The largest absolute Gasteiger partial charge is 4.00 e. The van der Waals surface area contributed by atoms with Gasteiger partial charge < -0.3 is 21.9 Å². The van der Waals surface area contributed by atoms with E-state index in [9.17, 15) is 0 Å². The normalized spacial score (nSPS) is 0. The standard InChI is InChI=1S/Hf.2H2O.2O/h;2*1H2;;/q+4;;;2*-2. The van der Waals surface area contributed by atoms with Crippen LogP contribution >= 0.6 is 0 Å². The molecule has 0 aromatic heterocycles. The van der Waals surface area contributed by atoms with Gasteiger partial charge in [-0.15, -0.1) is 0 Å². The van der Waals surface area contributed by atoms with Gasteiger partial charge in [0.25, 0.3) is 0 Å². The minimum atomic E-state index is 0. The molecule has 0 heterocycles. The molecule has 4 nitrogen and oxygen atoms in total. The van der Waals surface area contributed by atoms with Gasteiger partial charge in [-0.1, -0.05) is 0 Å². The van der Waals surface area contributed by atoms with Gasteiger partial charge in [0.2, 0.25) is 0 Å². The van der Waals surface area contributed by atoms with Gasteiger partial charge >= 0.3 is 25.8 Å².